The first-order valence-corrected chi connectivity index (χ1v) is 9.37. The Bertz CT molecular complexity index is 239. The Balaban J connectivity index is 3.04. The maximum atomic E-state index is 10.3. The minimum Gasteiger partial charge on any atom is -0.481 e. The summed E-state index contributed by atoms with van der Waals surface area (Å²) in [6.07, 6.45) is 17.1. The molecule has 118 valence electrons. The molecule has 0 amide bonds. The van der Waals surface area contributed by atoms with E-state index in [-0.39, 0.29) is 0 Å². The van der Waals surface area contributed by atoms with Crippen LogP contribution in [0.5, 0.6) is 0 Å². The number of hydrogen-bond acceptors (Lipinski definition) is 2. The lowest BCUT2D eigenvalue weighted by molar-refractivity contribution is -0.137. The zero-order valence-electron chi connectivity index (χ0n) is 13.1. The third-order valence-corrected chi connectivity index (χ3v) is 4.29. The third-order valence-electron chi connectivity index (χ3n) is 3.28. The Kier molecular flexibility index (Phi) is 16.2. The molecule has 20 heavy (non-hydrogen) atoms. The summed E-state index contributed by atoms with van der Waals surface area (Å²) in [6.45, 7) is 2.24. The molecule has 0 spiro atoms. The summed E-state index contributed by atoms with van der Waals surface area (Å²) in [5.41, 5.74) is 0. The van der Waals surface area contributed by atoms with Crippen molar-refractivity contribution in [1.82, 2.24) is 0 Å². The fourth-order valence-electron chi connectivity index (χ4n) is 2.04. The zero-order chi connectivity index (χ0) is 14.9. The van der Waals surface area contributed by atoms with Crippen molar-refractivity contribution >= 4 is 17.7 Å². The van der Waals surface area contributed by atoms with Crippen LogP contribution in [-0.4, -0.2) is 22.6 Å². The van der Waals surface area contributed by atoms with Crippen molar-refractivity contribution in [2.45, 2.75) is 77.6 Å². The number of carbonyl (C=O) groups is 1. The molecule has 0 aromatic carbocycles. The highest BCUT2D eigenvalue weighted by atomic mass is 32.2. The van der Waals surface area contributed by atoms with Crippen LogP contribution in [0.25, 0.3) is 0 Å². The minimum atomic E-state index is -0.663. The second-order valence-corrected chi connectivity index (χ2v) is 6.46. The summed E-state index contributed by atoms with van der Waals surface area (Å²) in [6, 6.07) is 0. The van der Waals surface area contributed by atoms with Crippen molar-refractivity contribution in [3.05, 3.63) is 12.2 Å². The Morgan fingerprint density at radius 3 is 2.35 bits per heavy atom. The monoisotopic (exact) mass is 300 g/mol. The Labute approximate surface area is 129 Å². The summed E-state index contributed by atoms with van der Waals surface area (Å²) in [7, 11) is 0. The van der Waals surface area contributed by atoms with E-state index in [0.717, 1.165) is 18.6 Å². The number of allylic oxidation sites excluding steroid dienone is 1. The van der Waals surface area contributed by atoms with E-state index in [2.05, 4.69) is 19.1 Å². The van der Waals surface area contributed by atoms with E-state index in [1.165, 1.54) is 57.1 Å². The van der Waals surface area contributed by atoms with Crippen LogP contribution in [0, 0.1) is 0 Å². The maximum absolute atomic E-state index is 10.3. The van der Waals surface area contributed by atoms with Gasteiger partial charge < -0.3 is 5.11 Å². The van der Waals surface area contributed by atoms with E-state index in [1.807, 2.05) is 11.8 Å². The van der Waals surface area contributed by atoms with Crippen molar-refractivity contribution in [1.29, 1.82) is 0 Å². The second-order valence-electron chi connectivity index (χ2n) is 5.31. The van der Waals surface area contributed by atoms with Crippen LogP contribution in [0.3, 0.4) is 0 Å². The Morgan fingerprint density at radius 1 is 0.950 bits per heavy atom. The van der Waals surface area contributed by atoms with E-state index in [4.69, 9.17) is 5.11 Å². The average molecular weight is 301 g/mol. The van der Waals surface area contributed by atoms with Crippen LogP contribution in [0.2, 0.25) is 0 Å². The molecule has 0 unspecified atom stereocenters. The van der Waals surface area contributed by atoms with Gasteiger partial charge in [-0.05, 0) is 31.4 Å². The van der Waals surface area contributed by atoms with Gasteiger partial charge in [-0.25, -0.2) is 0 Å². The van der Waals surface area contributed by atoms with E-state index < -0.39 is 5.97 Å². The van der Waals surface area contributed by atoms with Gasteiger partial charge in [0.15, 0.2) is 0 Å². The third kappa shape index (κ3) is 17.6. The standard InChI is InChI=1S/C17H32O2S/c1-2-3-4-5-9-12-15-20-16-13-10-7-6-8-11-14-17(18)19/h9,12H,2-8,10-11,13-16H2,1H3,(H,18,19). The molecular weight excluding hydrogens is 268 g/mol. The molecule has 0 aromatic rings. The molecule has 0 radical (unpaired) electrons. The lowest BCUT2D eigenvalue weighted by Crippen LogP contribution is -1.93. The van der Waals surface area contributed by atoms with Crippen LogP contribution in [0.1, 0.15) is 77.6 Å². The van der Waals surface area contributed by atoms with Crippen LogP contribution in [0.4, 0.5) is 0 Å². The molecule has 0 fully saturated rings. The van der Waals surface area contributed by atoms with Crippen molar-refractivity contribution in [3.63, 3.8) is 0 Å². The summed E-state index contributed by atoms with van der Waals surface area (Å²) in [5, 5.41) is 8.51. The number of aliphatic carboxylic acids is 1. The van der Waals surface area contributed by atoms with Gasteiger partial charge in [0.1, 0.15) is 0 Å². The first kappa shape index (κ1) is 19.6. The van der Waals surface area contributed by atoms with Crippen molar-refractivity contribution in [3.8, 4) is 0 Å². The SMILES string of the molecule is CCCCCC=CCSCCCCCCCCC(=O)O. The van der Waals surface area contributed by atoms with E-state index in [1.54, 1.807) is 0 Å². The van der Waals surface area contributed by atoms with Crippen molar-refractivity contribution in [2.24, 2.45) is 0 Å². The maximum Gasteiger partial charge on any atom is 0.303 e. The number of thioether (sulfide) groups is 1. The molecule has 2 nitrogen and oxygen atoms in total. The quantitative estimate of drug-likeness (QED) is 0.313. The van der Waals surface area contributed by atoms with Gasteiger partial charge in [-0.15, -0.1) is 0 Å². The van der Waals surface area contributed by atoms with Gasteiger partial charge in [0, 0.05) is 12.2 Å². The second kappa shape index (κ2) is 16.6. The summed E-state index contributed by atoms with van der Waals surface area (Å²) >= 11 is 2.02. The molecule has 0 aromatic heterocycles. The molecule has 0 aliphatic rings. The molecule has 0 aliphatic heterocycles. The molecule has 0 aliphatic carbocycles. The van der Waals surface area contributed by atoms with Gasteiger partial charge in [-0.3, -0.25) is 4.79 Å². The fourth-order valence-corrected chi connectivity index (χ4v) is 2.88. The lowest BCUT2D eigenvalue weighted by Gasteiger charge is -2.00. The predicted octanol–water partition coefficient (Wildman–Crippen LogP) is 5.67. The summed E-state index contributed by atoms with van der Waals surface area (Å²) in [4.78, 5) is 10.3. The minimum absolute atomic E-state index is 0.334. The normalized spacial score (nSPS) is 11.2. The zero-order valence-corrected chi connectivity index (χ0v) is 13.9. The number of unbranched alkanes of at least 4 members (excludes halogenated alkanes) is 8. The number of carboxylic acid groups (broad SMARTS) is 1. The Morgan fingerprint density at radius 2 is 1.65 bits per heavy atom. The largest absolute Gasteiger partial charge is 0.481 e. The molecule has 0 heterocycles. The first-order valence-electron chi connectivity index (χ1n) is 8.22. The van der Waals surface area contributed by atoms with Crippen LogP contribution >= 0.6 is 11.8 Å². The molecule has 1 N–H and O–H groups in total. The average Bonchev–Trinajstić information content (AvgIpc) is 2.43. The molecular formula is C17H32O2S. The highest BCUT2D eigenvalue weighted by Crippen LogP contribution is 2.11. The van der Waals surface area contributed by atoms with Crippen LogP contribution < -0.4 is 0 Å². The molecule has 0 atom stereocenters. The highest BCUT2D eigenvalue weighted by Gasteiger charge is 1.96. The van der Waals surface area contributed by atoms with Gasteiger partial charge >= 0.3 is 5.97 Å². The first-order chi connectivity index (χ1) is 9.77. The number of hydrogen-bond donors (Lipinski definition) is 1. The van der Waals surface area contributed by atoms with Gasteiger partial charge in [-0.1, -0.05) is 57.6 Å². The van der Waals surface area contributed by atoms with E-state index in [9.17, 15) is 4.79 Å². The molecule has 3 heteroatoms. The van der Waals surface area contributed by atoms with Gasteiger partial charge in [0.2, 0.25) is 0 Å². The Hall–Kier alpha value is -0.440. The van der Waals surface area contributed by atoms with E-state index in [0.29, 0.717) is 6.42 Å². The van der Waals surface area contributed by atoms with Gasteiger partial charge in [0.25, 0.3) is 0 Å². The molecule has 0 rings (SSSR count). The predicted molar refractivity (Wildman–Crippen MR) is 90.6 cm³/mol. The fraction of sp³-hybridized carbons (Fsp3) is 0.824. The molecule has 0 saturated carbocycles. The number of rotatable bonds is 15. The molecule has 0 bridgehead atoms. The summed E-state index contributed by atoms with van der Waals surface area (Å²) in [5.74, 6) is 1.75. The van der Waals surface area contributed by atoms with Crippen LogP contribution in [-0.2, 0) is 4.79 Å². The van der Waals surface area contributed by atoms with Crippen molar-refractivity contribution in [2.75, 3.05) is 11.5 Å². The smallest absolute Gasteiger partial charge is 0.303 e. The van der Waals surface area contributed by atoms with Gasteiger partial charge in [-0.2, -0.15) is 11.8 Å². The van der Waals surface area contributed by atoms with Crippen molar-refractivity contribution < 1.29 is 9.90 Å². The lowest BCUT2D eigenvalue weighted by atomic mass is 10.1. The molecule has 0 saturated heterocycles. The van der Waals surface area contributed by atoms with E-state index >= 15 is 0 Å². The van der Waals surface area contributed by atoms with Gasteiger partial charge in [0.05, 0.1) is 0 Å². The summed E-state index contributed by atoms with van der Waals surface area (Å²) < 4.78 is 0. The highest BCUT2D eigenvalue weighted by molar-refractivity contribution is 7.99. The number of carboxylic acids is 1. The topological polar surface area (TPSA) is 37.3 Å². The van der Waals surface area contributed by atoms with Crippen LogP contribution in [0.15, 0.2) is 12.2 Å².